The molecule has 1 aliphatic carbocycles. The van der Waals surface area contributed by atoms with Crippen molar-refractivity contribution in [3.05, 3.63) is 48.2 Å². The van der Waals surface area contributed by atoms with E-state index in [9.17, 15) is 4.79 Å². The van der Waals surface area contributed by atoms with E-state index in [0.717, 1.165) is 30.0 Å². The van der Waals surface area contributed by atoms with Crippen LogP contribution in [0, 0.1) is 5.41 Å². The quantitative estimate of drug-likeness (QED) is 0.763. The van der Waals surface area contributed by atoms with Crippen molar-refractivity contribution >= 4 is 23.4 Å². The van der Waals surface area contributed by atoms with E-state index in [0.29, 0.717) is 0 Å². The molecular weight excluding hydrogens is 266 g/mol. The summed E-state index contributed by atoms with van der Waals surface area (Å²) in [5.41, 5.74) is 1.81. The molecule has 2 nitrogen and oxygen atoms in total. The fourth-order valence-electron chi connectivity index (χ4n) is 2.56. The Labute approximate surface area is 124 Å². The Kier molecular flexibility index (Phi) is 3.47. The molecule has 0 saturated heterocycles. The van der Waals surface area contributed by atoms with Crippen LogP contribution in [0.1, 0.15) is 26.7 Å². The number of para-hydroxylation sites is 1. The number of thioether (sulfide) groups is 1. The first-order chi connectivity index (χ1) is 9.59. The van der Waals surface area contributed by atoms with Crippen molar-refractivity contribution < 1.29 is 4.79 Å². The Hall–Kier alpha value is -1.48. The Morgan fingerprint density at radius 3 is 2.80 bits per heavy atom. The maximum atomic E-state index is 13.0. The number of nitrogens with zero attached hydrogens (tertiary/aromatic N) is 1. The molecule has 0 spiro atoms. The predicted molar refractivity (Wildman–Crippen MR) is 84.9 cm³/mol. The maximum Gasteiger partial charge on any atom is 0.237 e. The lowest BCUT2D eigenvalue weighted by molar-refractivity contribution is -0.125. The minimum Gasteiger partial charge on any atom is -0.283 e. The molecule has 1 amide bonds. The van der Waals surface area contributed by atoms with Crippen molar-refractivity contribution in [3.63, 3.8) is 0 Å². The van der Waals surface area contributed by atoms with E-state index in [1.54, 1.807) is 11.8 Å². The molecule has 1 heterocycles. The van der Waals surface area contributed by atoms with E-state index in [-0.39, 0.29) is 11.3 Å². The third kappa shape index (κ3) is 2.31. The second-order valence-electron chi connectivity index (χ2n) is 5.91. The lowest BCUT2D eigenvalue weighted by Gasteiger charge is -2.31. The highest BCUT2D eigenvalue weighted by Crippen LogP contribution is 2.42. The van der Waals surface area contributed by atoms with Gasteiger partial charge in [-0.25, -0.2) is 0 Å². The number of amides is 1. The first-order valence-corrected chi connectivity index (χ1v) is 8.00. The molecule has 1 aliphatic heterocycles. The molecule has 0 radical (unpaired) electrons. The van der Waals surface area contributed by atoms with Crippen molar-refractivity contribution in [1.29, 1.82) is 0 Å². The Bertz CT molecular complexity index is 601. The van der Waals surface area contributed by atoms with Gasteiger partial charge in [0.1, 0.15) is 0 Å². The van der Waals surface area contributed by atoms with E-state index in [2.05, 4.69) is 30.4 Å². The third-order valence-corrected chi connectivity index (χ3v) is 5.28. The molecule has 3 heteroatoms. The number of fused-ring (bicyclic) bond motifs is 1. The van der Waals surface area contributed by atoms with E-state index < -0.39 is 0 Å². The van der Waals surface area contributed by atoms with E-state index >= 15 is 0 Å². The van der Waals surface area contributed by atoms with E-state index in [1.165, 1.54) is 4.90 Å². The van der Waals surface area contributed by atoms with Crippen LogP contribution in [0.4, 0.5) is 5.69 Å². The molecular formula is C17H19NOS. The first-order valence-electron chi connectivity index (χ1n) is 7.02. The fraction of sp³-hybridized carbons (Fsp3) is 0.353. The van der Waals surface area contributed by atoms with E-state index in [4.69, 9.17) is 0 Å². The lowest BCUT2D eigenvalue weighted by atomic mass is 9.93. The monoisotopic (exact) mass is 285 g/mol. The second-order valence-corrected chi connectivity index (χ2v) is 6.92. The zero-order valence-electron chi connectivity index (χ0n) is 11.9. The van der Waals surface area contributed by atoms with Crippen LogP contribution < -0.4 is 4.90 Å². The van der Waals surface area contributed by atoms with Gasteiger partial charge in [-0.05, 0) is 31.1 Å². The van der Waals surface area contributed by atoms with Crippen LogP contribution in [0.15, 0.2) is 53.1 Å². The normalized spacial score (nSPS) is 21.2. The SMILES string of the molecule is CC1(C)CSc2ccccc2N(C2=CC=CCC2)C1=O. The molecule has 0 unspecified atom stereocenters. The number of hydrogen-bond acceptors (Lipinski definition) is 2. The van der Waals surface area contributed by atoms with Gasteiger partial charge >= 0.3 is 0 Å². The lowest BCUT2D eigenvalue weighted by Crippen LogP contribution is -2.41. The highest BCUT2D eigenvalue weighted by atomic mass is 32.2. The maximum absolute atomic E-state index is 13.0. The molecule has 1 aromatic rings. The minimum absolute atomic E-state index is 0.205. The average Bonchev–Trinajstić information content (AvgIpc) is 2.56. The topological polar surface area (TPSA) is 20.3 Å². The Morgan fingerprint density at radius 1 is 1.25 bits per heavy atom. The average molecular weight is 285 g/mol. The van der Waals surface area contributed by atoms with Crippen LogP contribution in [-0.4, -0.2) is 11.7 Å². The zero-order chi connectivity index (χ0) is 14.2. The number of rotatable bonds is 1. The number of hydrogen-bond donors (Lipinski definition) is 0. The summed E-state index contributed by atoms with van der Waals surface area (Å²) < 4.78 is 0. The number of benzene rings is 1. The van der Waals surface area contributed by atoms with Crippen molar-refractivity contribution in [1.82, 2.24) is 0 Å². The van der Waals surface area contributed by atoms with Crippen LogP contribution in [0.3, 0.4) is 0 Å². The molecule has 0 bridgehead atoms. The van der Waals surface area contributed by atoms with Gasteiger partial charge in [0.05, 0.1) is 11.1 Å². The summed E-state index contributed by atoms with van der Waals surface area (Å²) in [5, 5.41) is 0. The van der Waals surface area contributed by atoms with Gasteiger partial charge < -0.3 is 0 Å². The van der Waals surface area contributed by atoms with Crippen molar-refractivity contribution in [3.8, 4) is 0 Å². The molecule has 0 aromatic heterocycles. The van der Waals surface area contributed by atoms with Gasteiger partial charge in [0, 0.05) is 16.3 Å². The molecule has 2 aliphatic rings. The van der Waals surface area contributed by atoms with Gasteiger partial charge in [-0.2, -0.15) is 0 Å². The van der Waals surface area contributed by atoms with Gasteiger partial charge in [0.15, 0.2) is 0 Å². The van der Waals surface area contributed by atoms with Gasteiger partial charge in [0.25, 0.3) is 0 Å². The summed E-state index contributed by atoms with van der Waals surface area (Å²) in [6.07, 6.45) is 8.21. The van der Waals surface area contributed by atoms with Gasteiger partial charge in [-0.15, -0.1) is 11.8 Å². The highest BCUT2D eigenvalue weighted by molar-refractivity contribution is 7.99. The summed E-state index contributed by atoms with van der Waals surface area (Å²) in [6, 6.07) is 8.22. The van der Waals surface area contributed by atoms with Crippen LogP contribution in [0.5, 0.6) is 0 Å². The number of anilines is 1. The van der Waals surface area contributed by atoms with Crippen molar-refractivity contribution in [2.45, 2.75) is 31.6 Å². The van der Waals surface area contributed by atoms with Crippen LogP contribution in [0.25, 0.3) is 0 Å². The van der Waals surface area contributed by atoms with Crippen molar-refractivity contribution in [2.24, 2.45) is 5.41 Å². The molecule has 0 fully saturated rings. The van der Waals surface area contributed by atoms with E-state index in [1.807, 2.05) is 30.9 Å². The number of allylic oxidation sites excluding steroid dienone is 4. The number of carbonyl (C=O) groups excluding carboxylic acids is 1. The Morgan fingerprint density at radius 2 is 2.05 bits per heavy atom. The number of carbonyl (C=O) groups is 1. The fourth-order valence-corrected chi connectivity index (χ4v) is 3.68. The third-order valence-electron chi connectivity index (χ3n) is 3.76. The highest BCUT2D eigenvalue weighted by Gasteiger charge is 2.38. The standard InChI is InChI=1S/C17H19NOS/c1-17(2)12-20-15-11-7-6-10-14(15)18(16(17)19)13-8-4-3-5-9-13/h3-4,6-8,10-11H,5,9,12H2,1-2H3. The Balaban J connectivity index is 2.13. The first kappa shape index (κ1) is 13.5. The van der Waals surface area contributed by atoms with Crippen LogP contribution in [0.2, 0.25) is 0 Å². The molecule has 0 N–H and O–H groups in total. The van der Waals surface area contributed by atoms with Gasteiger partial charge in [0.2, 0.25) is 5.91 Å². The molecule has 0 saturated carbocycles. The van der Waals surface area contributed by atoms with Gasteiger partial charge in [-0.1, -0.05) is 38.1 Å². The molecule has 20 heavy (non-hydrogen) atoms. The smallest absolute Gasteiger partial charge is 0.237 e. The molecule has 0 atom stereocenters. The minimum atomic E-state index is -0.342. The molecule has 1 aromatic carbocycles. The summed E-state index contributed by atoms with van der Waals surface area (Å²) in [5.74, 6) is 1.03. The zero-order valence-corrected chi connectivity index (χ0v) is 12.7. The second kappa shape index (κ2) is 5.13. The molecule has 3 rings (SSSR count). The van der Waals surface area contributed by atoms with Crippen LogP contribution in [-0.2, 0) is 4.79 Å². The summed E-state index contributed by atoms with van der Waals surface area (Å²) in [7, 11) is 0. The van der Waals surface area contributed by atoms with Crippen molar-refractivity contribution in [2.75, 3.05) is 10.7 Å². The largest absolute Gasteiger partial charge is 0.283 e. The van der Waals surface area contributed by atoms with Crippen LogP contribution >= 0.6 is 11.8 Å². The summed E-state index contributed by atoms with van der Waals surface area (Å²) >= 11 is 1.78. The molecule has 104 valence electrons. The predicted octanol–water partition coefficient (Wildman–Crippen LogP) is 4.39. The van der Waals surface area contributed by atoms with Gasteiger partial charge in [-0.3, -0.25) is 9.69 Å². The summed E-state index contributed by atoms with van der Waals surface area (Å²) in [4.78, 5) is 16.1. The summed E-state index contributed by atoms with van der Waals surface area (Å²) in [6.45, 7) is 4.08.